The Balaban J connectivity index is 2.40. The van der Waals surface area contributed by atoms with Gasteiger partial charge in [0.25, 0.3) is 0 Å². The molecule has 4 nitrogen and oxygen atoms in total. The van der Waals surface area contributed by atoms with Gasteiger partial charge in [-0.15, -0.1) is 0 Å². The smallest absolute Gasteiger partial charge is 0.332 e. The molecule has 0 aliphatic heterocycles. The molecule has 0 spiro atoms. The summed E-state index contributed by atoms with van der Waals surface area (Å²) in [4.78, 5) is 10.9. The first kappa shape index (κ1) is 9.54. The maximum atomic E-state index is 10.9. The summed E-state index contributed by atoms with van der Waals surface area (Å²) in [6.45, 7) is 0.421. The van der Waals surface area contributed by atoms with Crippen molar-refractivity contribution in [2.75, 3.05) is 7.05 Å². The number of amides is 2. The van der Waals surface area contributed by atoms with Crippen molar-refractivity contribution >= 4 is 6.03 Å². The summed E-state index contributed by atoms with van der Waals surface area (Å²) in [6, 6.07) is 8.98. The number of benzene rings is 1. The zero-order valence-electron chi connectivity index (χ0n) is 7.40. The number of carbonyl (C=O) groups excluding carboxylic acids is 1. The van der Waals surface area contributed by atoms with Crippen molar-refractivity contribution < 1.29 is 10.0 Å². The molecule has 0 atom stereocenters. The van der Waals surface area contributed by atoms with Crippen LogP contribution in [0.25, 0.3) is 0 Å². The van der Waals surface area contributed by atoms with Crippen LogP contribution in [0.15, 0.2) is 30.3 Å². The molecule has 0 aromatic heterocycles. The maximum absolute atomic E-state index is 10.9. The predicted molar refractivity (Wildman–Crippen MR) is 48.2 cm³/mol. The lowest BCUT2D eigenvalue weighted by Gasteiger charge is -2.09. The Morgan fingerprint density at radius 2 is 2.08 bits per heavy atom. The molecule has 1 aromatic rings. The molecule has 0 bridgehead atoms. The van der Waals surface area contributed by atoms with Crippen molar-refractivity contribution in [3.05, 3.63) is 35.9 Å². The standard InChI is InChI=1S/C9H12N2O2/c1-11(13)9(12)10-7-8-5-3-2-4-6-8/h2-6,13H,7H2,1H3,(H,10,12). The van der Waals surface area contributed by atoms with Gasteiger partial charge in [0.1, 0.15) is 0 Å². The first-order chi connectivity index (χ1) is 6.20. The maximum Gasteiger partial charge on any atom is 0.341 e. The number of nitrogens with one attached hydrogen (secondary N) is 1. The molecule has 0 fully saturated rings. The highest BCUT2D eigenvalue weighted by molar-refractivity contribution is 5.72. The van der Waals surface area contributed by atoms with E-state index in [1.165, 1.54) is 7.05 Å². The number of rotatable bonds is 2. The molecule has 0 heterocycles. The second-order valence-electron chi connectivity index (χ2n) is 2.67. The molecule has 70 valence electrons. The van der Waals surface area contributed by atoms with Crippen LogP contribution in [0.4, 0.5) is 4.79 Å². The van der Waals surface area contributed by atoms with Crippen molar-refractivity contribution in [2.45, 2.75) is 6.54 Å². The number of hydrogen-bond acceptors (Lipinski definition) is 2. The highest BCUT2D eigenvalue weighted by atomic mass is 16.5. The molecule has 0 aliphatic carbocycles. The minimum atomic E-state index is -0.510. The lowest BCUT2D eigenvalue weighted by molar-refractivity contribution is -0.0184. The normalized spacial score (nSPS) is 9.38. The van der Waals surface area contributed by atoms with Crippen LogP contribution in [0, 0.1) is 0 Å². The number of hydroxylamine groups is 2. The molecule has 0 radical (unpaired) electrons. The van der Waals surface area contributed by atoms with E-state index in [1.807, 2.05) is 30.3 Å². The van der Waals surface area contributed by atoms with Crippen molar-refractivity contribution in [2.24, 2.45) is 0 Å². The van der Waals surface area contributed by atoms with Gasteiger partial charge >= 0.3 is 6.03 Å². The fourth-order valence-corrected chi connectivity index (χ4v) is 0.888. The van der Waals surface area contributed by atoms with Gasteiger partial charge in [0.2, 0.25) is 0 Å². The van der Waals surface area contributed by atoms with Crippen LogP contribution in [0.1, 0.15) is 5.56 Å². The molecule has 0 saturated heterocycles. The van der Waals surface area contributed by atoms with E-state index in [1.54, 1.807) is 0 Å². The van der Waals surface area contributed by atoms with Crippen LogP contribution >= 0.6 is 0 Å². The van der Waals surface area contributed by atoms with Crippen molar-refractivity contribution in [3.63, 3.8) is 0 Å². The summed E-state index contributed by atoms with van der Waals surface area (Å²) < 4.78 is 0. The van der Waals surface area contributed by atoms with Crippen molar-refractivity contribution in [3.8, 4) is 0 Å². The number of hydrogen-bond donors (Lipinski definition) is 2. The Morgan fingerprint density at radius 3 is 2.62 bits per heavy atom. The Hall–Kier alpha value is -1.55. The first-order valence-corrected chi connectivity index (χ1v) is 3.94. The third-order valence-corrected chi connectivity index (χ3v) is 1.58. The SMILES string of the molecule is CN(O)C(=O)NCc1ccccc1. The highest BCUT2D eigenvalue weighted by Gasteiger charge is 2.02. The zero-order chi connectivity index (χ0) is 9.68. The van der Waals surface area contributed by atoms with Gasteiger partial charge in [-0.1, -0.05) is 30.3 Å². The van der Waals surface area contributed by atoms with E-state index in [9.17, 15) is 4.79 Å². The fraction of sp³-hybridized carbons (Fsp3) is 0.222. The average molecular weight is 180 g/mol. The molecular formula is C9H12N2O2. The molecule has 13 heavy (non-hydrogen) atoms. The van der Waals surface area contributed by atoms with E-state index in [2.05, 4.69) is 5.32 Å². The molecule has 4 heteroatoms. The molecule has 0 saturated carbocycles. The molecule has 2 amide bonds. The Kier molecular flexibility index (Phi) is 3.28. The van der Waals surface area contributed by atoms with Gasteiger partial charge in [0.05, 0.1) is 0 Å². The fourth-order valence-electron chi connectivity index (χ4n) is 0.888. The summed E-state index contributed by atoms with van der Waals surface area (Å²) in [5.41, 5.74) is 0.998. The summed E-state index contributed by atoms with van der Waals surface area (Å²) >= 11 is 0. The molecule has 1 rings (SSSR count). The molecule has 1 aromatic carbocycles. The molecule has 0 aliphatic rings. The molecule has 2 N–H and O–H groups in total. The Morgan fingerprint density at radius 1 is 1.46 bits per heavy atom. The summed E-state index contributed by atoms with van der Waals surface area (Å²) in [7, 11) is 1.28. The largest absolute Gasteiger partial charge is 0.341 e. The first-order valence-electron chi connectivity index (χ1n) is 3.94. The van der Waals surface area contributed by atoms with E-state index >= 15 is 0 Å². The van der Waals surface area contributed by atoms with Gasteiger partial charge in [-0.2, -0.15) is 0 Å². The van der Waals surface area contributed by atoms with E-state index in [4.69, 9.17) is 5.21 Å². The topological polar surface area (TPSA) is 52.6 Å². The lowest BCUT2D eigenvalue weighted by Crippen LogP contribution is -2.34. The average Bonchev–Trinajstić information content (AvgIpc) is 2.15. The third kappa shape index (κ3) is 3.13. The van der Waals surface area contributed by atoms with E-state index in [-0.39, 0.29) is 0 Å². The number of nitrogens with zero attached hydrogens (tertiary/aromatic N) is 1. The van der Waals surface area contributed by atoms with Gasteiger partial charge in [0, 0.05) is 13.6 Å². The minimum Gasteiger partial charge on any atom is -0.332 e. The van der Waals surface area contributed by atoms with Gasteiger partial charge < -0.3 is 5.32 Å². The van der Waals surface area contributed by atoms with Crippen LogP contribution in [0.2, 0.25) is 0 Å². The van der Waals surface area contributed by atoms with Gasteiger partial charge in [-0.3, -0.25) is 5.21 Å². The monoisotopic (exact) mass is 180 g/mol. The van der Waals surface area contributed by atoms with Gasteiger partial charge in [-0.25, -0.2) is 9.86 Å². The van der Waals surface area contributed by atoms with Crippen molar-refractivity contribution in [1.29, 1.82) is 0 Å². The van der Waals surface area contributed by atoms with E-state index in [0.717, 1.165) is 5.56 Å². The summed E-state index contributed by atoms with van der Waals surface area (Å²) in [6.07, 6.45) is 0. The highest BCUT2D eigenvalue weighted by Crippen LogP contribution is 1.97. The second kappa shape index (κ2) is 4.47. The predicted octanol–water partition coefficient (Wildman–Crippen LogP) is 1.22. The number of urea groups is 1. The third-order valence-electron chi connectivity index (χ3n) is 1.58. The summed E-state index contributed by atoms with van der Waals surface area (Å²) in [5, 5.41) is 11.8. The van der Waals surface area contributed by atoms with Crippen LogP contribution < -0.4 is 5.32 Å². The second-order valence-corrected chi connectivity index (χ2v) is 2.67. The van der Waals surface area contributed by atoms with E-state index in [0.29, 0.717) is 11.6 Å². The molecule has 0 unspecified atom stereocenters. The summed E-state index contributed by atoms with van der Waals surface area (Å²) in [5.74, 6) is 0. The van der Waals surface area contributed by atoms with Crippen molar-refractivity contribution in [1.82, 2.24) is 10.4 Å². The van der Waals surface area contributed by atoms with Crippen LogP contribution in [0.3, 0.4) is 0 Å². The van der Waals surface area contributed by atoms with Gasteiger partial charge in [0.15, 0.2) is 0 Å². The van der Waals surface area contributed by atoms with Gasteiger partial charge in [-0.05, 0) is 5.56 Å². The Bertz CT molecular complexity index is 272. The Labute approximate surface area is 76.7 Å². The minimum absolute atomic E-state index is 0.421. The number of carbonyl (C=O) groups is 1. The van der Waals surface area contributed by atoms with E-state index < -0.39 is 6.03 Å². The van der Waals surface area contributed by atoms with Crippen LogP contribution in [-0.4, -0.2) is 23.3 Å². The van der Waals surface area contributed by atoms with Crippen LogP contribution in [-0.2, 0) is 6.54 Å². The lowest BCUT2D eigenvalue weighted by atomic mass is 10.2. The molecular weight excluding hydrogens is 168 g/mol. The quantitative estimate of drug-likeness (QED) is 0.531. The van der Waals surface area contributed by atoms with Crippen LogP contribution in [0.5, 0.6) is 0 Å². The zero-order valence-corrected chi connectivity index (χ0v) is 7.40.